The molecule has 0 radical (unpaired) electrons. The fraction of sp³-hybridized carbons (Fsp3) is 0.333. The second-order valence-corrected chi connectivity index (χ2v) is 6.64. The minimum atomic E-state index is -0.481. The summed E-state index contributed by atoms with van der Waals surface area (Å²) in [5, 5.41) is 4.73. The lowest BCUT2D eigenvalue weighted by Crippen LogP contribution is -2.43. The molecule has 0 aliphatic carbocycles. The summed E-state index contributed by atoms with van der Waals surface area (Å²) in [6.07, 6.45) is 1.46. The van der Waals surface area contributed by atoms with Crippen LogP contribution in [0.3, 0.4) is 0 Å². The first kappa shape index (κ1) is 17.3. The Labute approximate surface area is 150 Å². The number of hydrogen-bond donors (Lipinski definition) is 1. The van der Waals surface area contributed by atoms with Gasteiger partial charge in [-0.25, -0.2) is 0 Å². The number of nitrogens with zero attached hydrogens (tertiary/aromatic N) is 1. The van der Waals surface area contributed by atoms with Gasteiger partial charge in [0.2, 0.25) is 5.91 Å². The molecule has 2 aromatic rings. The normalized spacial score (nSPS) is 16.6. The van der Waals surface area contributed by atoms with E-state index in [4.69, 9.17) is 9.47 Å². The van der Waals surface area contributed by atoms with Crippen molar-refractivity contribution in [2.24, 2.45) is 0 Å². The number of methoxy groups -OCH3 is 2. The summed E-state index contributed by atoms with van der Waals surface area (Å²) < 4.78 is 10.5. The number of hydrogen-bond acceptors (Lipinski definition) is 5. The molecule has 0 saturated carbocycles. The van der Waals surface area contributed by atoms with Gasteiger partial charge < -0.3 is 19.7 Å². The highest BCUT2D eigenvalue weighted by molar-refractivity contribution is 7.12. The van der Waals surface area contributed by atoms with Crippen molar-refractivity contribution in [2.45, 2.75) is 18.9 Å². The number of carbonyl (C=O) groups excluding carboxylic acids is 2. The first-order valence-corrected chi connectivity index (χ1v) is 8.89. The largest absolute Gasteiger partial charge is 0.497 e. The maximum absolute atomic E-state index is 12.8. The van der Waals surface area contributed by atoms with Gasteiger partial charge >= 0.3 is 0 Å². The highest BCUT2D eigenvalue weighted by Gasteiger charge is 2.35. The average Bonchev–Trinajstić information content (AvgIpc) is 3.32. The van der Waals surface area contributed by atoms with Gasteiger partial charge in [0, 0.05) is 12.6 Å². The molecule has 1 unspecified atom stereocenters. The monoisotopic (exact) mass is 360 g/mol. The molecule has 6 nitrogen and oxygen atoms in total. The lowest BCUT2D eigenvalue weighted by molar-refractivity contribution is -0.119. The van der Waals surface area contributed by atoms with Crippen molar-refractivity contribution in [3.8, 4) is 11.5 Å². The molecule has 7 heteroatoms. The van der Waals surface area contributed by atoms with Crippen LogP contribution in [-0.4, -0.2) is 43.5 Å². The van der Waals surface area contributed by atoms with Crippen LogP contribution in [0, 0.1) is 0 Å². The summed E-state index contributed by atoms with van der Waals surface area (Å²) in [4.78, 5) is 27.7. The Morgan fingerprint density at radius 2 is 2.08 bits per heavy atom. The third kappa shape index (κ3) is 3.61. The number of anilines is 1. The fourth-order valence-corrected chi connectivity index (χ4v) is 3.63. The number of nitrogens with one attached hydrogen (secondary N) is 1. The quantitative estimate of drug-likeness (QED) is 0.890. The number of carbonyl (C=O) groups is 2. The van der Waals surface area contributed by atoms with E-state index in [-0.39, 0.29) is 11.8 Å². The van der Waals surface area contributed by atoms with E-state index in [9.17, 15) is 9.59 Å². The lowest BCUT2D eigenvalue weighted by atomic mass is 10.2. The first-order valence-electron chi connectivity index (χ1n) is 8.01. The molecular weight excluding hydrogens is 340 g/mol. The molecule has 1 fully saturated rings. The lowest BCUT2D eigenvalue weighted by Gasteiger charge is -2.24. The SMILES string of the molecule is COc1ccc(OC)c(NC(=O)C2CCCN2C(=O)c2cccs2)c1. The molecule has 1 aliphatic heterocycles. The van der Waals surface area contributed by atoms with Crippen LogP contribution in [0.1, 0.15) is 22.5 Å². The third-order valence-corrected chi connectivity index (χ3v) is 5.07. The second-order valence-electron chi connectivity index (χ2n) is 5.69. The predicted molar refractivity (Wildman–Crippen MR) is 96.6 cm³/mol. The van der Waals surface area contributed by atoms with Crippen molar-refractivity contribution in [3.63, 3.8) is 0 Å². The van der Waals surface area contributed by atoms with E-state index in [0.29, 0.717) is 35.0 Å². The molecule has 1 aromatic heterocycles. The summed E-state index contributed by atoms with van der Waals surface area (Å²) in [5.74, 6) is 0.858. The zero-order valence-electron chi connectivity index (χ0n) is 14.2. The van der Waals surface area contributed by atoms with E-state index in [1.165, 1.54) is 11.3 Å². The van der Waals surface area contributed by atoms with Gasteiger partial charge in [-0.2, -0.15) is 0 Å². The van der Waals surface area contributed by atoms with E-state index in [0.717, 1.165) is 6.42 Å². The van der Waals surface area contributed by atoms with Crippen LogP contribution in [0.15, 0.2) is 35.7 Å². The molecule has 0 spiro atoms. The molecule has 2 heterocycles. The van der Waals surface area contributed by atoms with Crippen LogP contribution in [0.2, 0.25) is 0 Å². The Balaban J connectivity index is 1.77. The smallest absolute Gasteiger partial charge is 0.264 e. The molecule has 3 rings (SSSR count). The van der Waals surface area contributed by atoms with Crippen LogP contribution in [0.5, 0.6) is 11.5 Å². The molecule has 25 heavy (non-hydrogen) atoms. The number of rotatable bonds is 5. The Kier molecular flexibility index (Phi) is 5.23. The molecule has 0 bridgehead atoms. The zero-order chi connectivity index (χ0) is 17.8. The molecule has 1 N–H and O–H groups in total. The minimum absolute atomic E-state index is 0.0924. The van der Waals surface area contributed by atoms with E-state index in [2.05, 4.69) is 5.32 Å². The van der Waals surface area contributed by atoms with Gasteiger partial charge in [0.05, 0.1) is 24.8 Å². The molecule has 1 atom stereocenters. The van der Waals surface area contributed by atoms with Crippen LogP contribution in [0.25, 0.3) is 0 Å². The second kappa shape index (κ2) is 7.57. The van der Waals surface area contributed by atoms with Crippen LogP contribution >= 0.6 is 11.3 Å². The van der Waals surface area contributed by atoms with Gasteiger partial charge in [-0.05, 0) is 36.4 Å². The summed E-state index contributed by atoms with van der Waals surface area (Å²) in [5.41, 5.74) is 0.530. The van der Waals surface area contributed by atoms with Crippen LogP contribution < -0.4 is 14.8 Å². The maximum atomic E-state index is 12.8. The molecular formula is C18H20N2O4S. The Morgan fingerprint density at radius 3 is 2.76 bits per heavy atom. The standard InChI is InChI=1S/C18H20N2O4S/c1-23-12-7-8-15(24-2)13(11-12)19-17(21)14-5-3-9-20(14)18(22)16-6-4-10-25-16/h4,6-8,10-11,14H,3,5,9H2,1-2H3,(H,19,21). The maximum Gasteiger partial charge on any atom is 0.264 e. The topological polar surface area (TPSA) is 67.9 Å². The zero-order valence-corrected chi connectivity index (χ0v) is 15.0. The average molecular weight is 360 g/mol. The van der Waals surface area contributed by atoms with Gasteiger partial charge in [-0.3, -0.25) is 9.59 Å². The van der Waals surface area contributed by atoms with Crippen LogP contribution in [0.4, 0.5) is 5.69 Å². The van der Waals surface area contributed by atoms with Crippen molar-refractivity contribution in [1.29, 1.82) is 0 Å². The first-order chi connectivity index (χ1) is 12.1. The van der Waals surface area contributed by atoms with Crippen LogP contribution in [-0.2, 0) is 4.79 Å². The molecule has 1 saturated heterocycles. The van der Waals surface area contributed by atoms with Gasteiger partial charge in [0.1, 0.15) is 17.5 Å². The van der Waals surface area contributed by atoms with Gasteiger partial charge in [0.15, 0.2) is 0 Å². The van der Waals surface area contributed by atoms with Crippen molar-refractivity contribution in [1.82, 2.24) is 4.90 Å². The molecule has 2 amide bonds. The summed E-state index contributed by atoms with van der Waals surface area (Å²) >= 11 is 1.39. The molecule has 1 aromatic carbocycles. The summed E-state index contributed by atoms with van der Waals surface area (Å²) in [6, 6.07) is 8.34. The molecule has 132 valence electrons. The highest BCUT2D eigenvalue weighted by Crippen LogP contribution is 2.30. The van der Waals surface area contributed by atoms with Gasteiger partial charge in [-0.15, -0.1) is 11.3 Å². The fourth-order valence-electron chi connectivity index (χ4n) is 2.95. The Bertz CT molecular complexity index is 760. The number of benzene rings is 1. The van der Waals surface area contributed by atoms with E-state index < -0.39 is 6.04 Å². The van der Waals surface area contributed by atoms with Gasteiger partial charge in [-0.1, -0.05) is 6.07 Å². The third-order valence-electron chi connectivity index (χ3n) is 4.21. The number of amides is 2. The van der Waals surface area contributed by atoms with Crippen molar-refractivity contribution >= 4 is 28.8 Å². The van der Waals surface area contributed by atoms with Crippen molar-refractivity contribution in [3.05, 3.63) is 40.6 Å². The molecule has 1 aliphatic rings. The van der Waals surface area contributed by atoms with E-state index in [1.807, 2.05) is 11.4 Å². The van der Waals surface area contributed by atoms with Crippen molar-refractivity contribution < 1.29 is 19.1 Å². The Morgan fingerprint density at radius 1 is 1.24 bits per heavy atom. The van der Waals surface area contributed by atoms with E-state index >= 15 is 0 Å². The minimum Gasteiger partial charge on any atom is -0.497 e. The summed E-state index contributed by atoms with van der Waals surface area (Å²) in [6.45, 7) is 0.587. The number of thiophene rings is 1. The van der Waals surface area contributed by atoms with E-state index in [1.54, 1.807) is 43.4 Å². The number of likely N-dealkylation sites (tertiary alicyclic amines) is 1. The Hall–Kier alpha value is -2.54. The number of ether oxygens (including phenoxy) is 2. The van der Waals surface area contributed by atoms with Crippen molar-refractivity contribution in [2.75, 3.05) is 26.1 Å². The predicted octanol–water partition coefficient (Wildman–Crippen LogP) is 3.01. The highest BCUT2D eigenvalue weighted by atomic mass is 32.1. The van der Waals surface area contributed by atoms with Gasteiger partial charge in [0.25, 0.3) is 5.91 Å². The summed E-state index contributed by atoms with van der Waals surface area (Å²) in [7, 11) is 3.10.